The van der Waals surface area contributed by atoms with E-state index in [9.17, 15) is 14.4 Å². The van der Waals surface area contributed by atoms with Crippen LogP contribution >= 0.6 is 27.5 Å². The Balaban J connectivity index is 1.32. The lowest BCUT2D eigenvalue weighted by Crippen LogP contribution is -2.40. The minimum atomic E-state index is -0.534. The summed E-state index contributed by atoms with van der Waals surface area (Å²) < 4.78 is 7.70. The number of benzene rings is 1. The SMILES string of the molecule is Cn1c(Br)cnc1C(=O)Nc1ccc(C(=O)N[C@H]2[C@@H]3CN(C(=O)OC(C)(C)C)C[C@@H]32)c(Cl)c1. The standard InChI is InChI=1S/C22H25BrClN5O4/c1-22(2,3)33-21(32)29-9-13-14(10-29)17(13)27-19(30)12-6-5-11(7-15(12)24)26-20(31)18-25-8-16(23)28(18)4/h5-8,13-14,17H,9-10H2,1-4H3,(H,26,31)(H,27,30)/t13-,14+,17+. The molecular formula is C22H25BrClN5O4. The van der Waals surface area contributed by atoms with E-state index in [-0.39, 0.29) is 40.7 Å². The van der Waals surface area contributed by atoms with Gasteiger partial charge in [0.15, 0.2) is 5.82 Å². The summed E-state index contributed by atoms with van der Waals surface area (Å²) in [6.45, 7) is 6.63. The number of fused-ring (bicyclic) bond motifs is 1. The van der Waals surface area contributed by atoms with Crippen LogP contribution in [0.5, 0.6) is 0 Å². The van der Waals surface area contributed by atoms with Crippen molar-refractivity contribution in [3.05, 3.63) is 45.4 Å². The zero-order chi connectivity index (χ0) is 24.1. The maximum absolute atomic E-state index is 12.7. The summed E-state index contributed by atoms with van der Waals surface area (Å²) in [4.78, 5) is 43.1. The molecule has 2 aliphatic rings. The monoisotopic (exact) mass is 537 g/mol. The number of imidazole rings is 1. The second-order valence-corrected chi connectivity index (χ2v) is 10.5. The normalized spacial score (nSPS) is 21.4. The number of halogens is 2. The second kappa shape index (κ2) is 8.64. The van der Waals surface area contributed by atoms with Crippen LogP contribution in [0.25, 0.3) is 0 Å². The highest BCUT2D eigenvalue weighted by Gasteiger charge is 2.58. The highest BCUT2D eigenvalue weighted by molar-refractivity contribution is 9.10. The van der Waals surface area contributed by atoms with Crippen LogP contribution in [0.15, 0.2) is 29.0 Å². The summed E-state index contributed by atoms with van der Waals surface area (Å²) in [5.74, 6) is -0.00159. The van der Waals surface area contributed by atoms with Gasteiger partial charge in [0, 0.05) is 43.7 Å². The Morgan fingerprint density at radius 2 is 1.85 bits per heavy atom. The fourth-order valence-electron chi connectivity index (χ4n) is 4.01. The average Bonchev–Trinajstić information content (AvgIpc) is 3.02. The molecule has 2 heterocycles. The number of nitrogens with zero attached hydrogens (tertiary/aromatic N) is 3. The summed E-state index contributed by atoms with van der Waals surface area (Å²) in [6.07, 6.45) is 1.22. The van der Waals surface area contributed by atoms with E-state index < -0.39 is 11.5 Å². The zero-order valence-electron chi connectivity index (χ0n) is 18.7. The van der Waals surface area contributed by atoms with E-state index in [1.54, 1.807) is 28.6 Å². The summed E-state index contributed by atoms with van der Waals surface area (Å²) in [7, 11) is 1.71. The number of rotatable bonds is 4. The van der Waals surface area contributed by atoms with Gasteiger partial charge < -0.3 is 24.8 Å². The number of ether oxygens (including phenoxy) is 1. The fourth-order valence-corrected chi connectivity index (χ4v) is 4.55. The highest BCUT2D eigenvalue weighted by Crippen LogP contribution is 2.46. The minimum absolute atomic E-state index is 0.00787. The Labute approximate surface area is 204 Å². The van der Waals surface area contributed by atoms with E-state index in [2.05, 4.69) is 31.5 Å². The molecule has 176 valence electrons. The molecule has 9 nitrogen and oxygen atoms in total. The van der Waals surface area contributed by atoms with Crippen molar-refractivity contribution in [3.63, 3.8) is 0 Å². The molecule has 3 amide bonds. The molecule has 1 aromatic carbocycles. The molecule has 11 heteroatoms. The number of hydrogen-bond donors (Lipinski definition) is 2. The molecule has 2 N–H and O–H groups in total. The Kier molecular flexibility index (Phi) is 6.17. The summed E-state index contributed by atoms with van der Waals surface area (Å²) in [6, 6.07) is 4.74. The molecule has 0 unspecified atom stereocenters. The largest absolute Gasteiger partial charge is 0.444 e. The third-order valence-electron chi connectivity index (χ3n) is 5.75. The number of nitrogens with one attached hydrogen (secondary N) is 2. The van der Waals surface area contributed by atoms with Gasteiger partial charge in [-0.3, -0.25) is 9.59 Å². The zero-order valence-corrected chi connectivity index (χ0v) is 21.0. The first-order valence-electron chi connectivity index (χ1n) is 10.5. The number of piperidine rings is 1. The van der Waals surface area contributed by atoms with Gasteiger partial charge in [0.1, 0.15) is 10.2 Å². The Bertz CT molecular complexity index is 1120. The summed E-state index contributed by atoms with van der Waals surface area (Å²) >= 11 is 9.63. The minimum Gasteiger partial charge on any atom is -0.444 e. The average molecular weight is 539 g/mol. The quantitative estimate of drug-likeness (QED) is 0.618. The number of carbonyl (C=O) groups excluding carboxylic acids is 3. The molecule has 2 aromatic rings. The van der Waals surface area contributed by atoms with Crippen molar-refractivity contribution in [2.24, 2.45) is 18.9 Å². The van der Waals surface area contributed by atoms with Gasteiger partial charge >= 0.3 is 6.09 Å². The fraction of sp³-hybridized carbons (Fsp3) is 0.455. The molecule has 1 aliphatic carbocycles. The third-order valence-corrected chi connectivity index (χ3v) is 6.80. The molecule has 33 heavy (non-hydrogen) atoms. The molecule has 3 atom stereocenters. The van der Waals surface area contributed by atoms with Crippen LogP contribution < -0.4 is 10.6 Å². The van der Waals surface area contributed by atoms with Crippen LogP contribution in [0.1, 0.15) is 41.7 Å². The van der Waals surface area contributed by atoms with Crippen LogP contribution in [-0.4, -0.2) is 57.1 Å². The molecule has 1 aliphatic heterocycles. The number of aromatic nitrogens is 2. The smallest absolute Gasteiger partial charge is 0.410 e. The first-order valence-corrected chi connectivity index (χ1v) is 11.7. The van der Waals surface area contributed by atoms with Gasteiger partial charge in [-0.1, -0.05) is 11.6 Å². The predicted molar refractivity (Wildman–Crippen MR) is 126 cm³/mol. The van der Waals surface area contributed by atoms with E-state index >= 15 is 0 Å². The molecular weight excluding hydrogens is 514 g/mol. The molecule has 0 radical (unpaired) electrons. The first kappa shape index (κ1) is 23.6. The Morgan fingerprint density at radius 1 is 1.18 bits per heavy atom. The van der Waals surface area contributed by atoms with Crippen molar-refractivity contribution in [1.82, 2.24) is 19.8 Å². The Hall–Kier alpha value is -2.59. The van der Waals surface area contributed by atoms with Crippen LogP contribution in [0.4, 0.5) is 10.5 Å². The van der Waals surface area contributed by atoms with Crippen LogP contribution in [-0.2, 0) is 11.8 Å². The van der Waals surface area contributed by atoms with Gasteiger partial charge in [-0.05, 0) is 54.9 Å². The lowest BCUT2D eigenvalue weighted by molar-refractivity contribution is 0.0270. The number of likely N-dealkylation sites (tertiary alicyclic amines) is 1. The molecule has 1 saturated heterocycles. The maximum Gasteiger partial charge on any atom is 0.410 e. The van der Waals surface area contributed by atoms with Crippen molar-refractivity contribution >= 4 is 51.1 Å². The van der Waals surface area contributed by atoms with Gasteiger partial charge in [0.2, 0.25) is 0 Å². The van der Waals surface area contributed by atoms with Crippen molar-refractivity contribution in [2.75, 3.05) is 18.4 Å². The predicted octanol–water partition coefficient (Wildman–Crippen LogP) is 3.68. The van der Waals surface area contributed by atoms with E-state index in [1.165, 1.54) is 12.3 Å². The van der Waals surface area contributed by atoms with Crippen LogP contribution in [0.2, 0.25) is 5.02 Å². The van der Waals surface area contributed by atoms with E-state index in [0.717, 1.165) is 0 Å². The number of hydrogen-bond acceptors (Lipinski definition) is 5. The maximum atomic E-state index is 12.7. The van der Waals surface area contributed by atoms with Gasteiger partial charge in [0.25, 0.3) is 11.8 Å². The third kappa shape index (κ3) is 5.01. The van der Waals surface area contributed by atoms with Crippen molar-refractivity contribution in [2.45, 2.75) is 32.4 Å². The number of amides is 3. The molecule has 1 saturated carbocycles. The molecule has 2 fully saturated rings. The lowest BCUT2D eigenvalue weighted by atomic mass is 10.2. The van der Waals surface area contributed by atoms with Crippen LogP contribution in [0, 0.1) is 11.8 Å². The van der Waals surface area contributed by atoms with Gasteiger partial charge in [-0.25, -0.2) is 9.78 Å². The van der Waals surface area contributed by atoms with Crippen molar-refractivity contribution < 1.29 is 19.1 Å². The van der Waals surface area contributed by atoms with E-state index in [1.807, 2.05) is 20.8 Å². The second-order valence-electron chi connectivity index (χ2n) is 9.32. The van der Waals surface area contributed by atoms with Crippen molar-refractivity contribution in [3.8, 4) is 0 Å². The summed E-state index contributed by atoms with van der Waals surface area (Å²) in [5, 5.41) is 5.97. The first-order chi connectivity index (χ1) is 15.4. The van der Waals surface area contributed by atoms with Gasteiger partial charge in [0.05, 0.1) is 16.8 Å². The van der Waals surface area contributed by atoms with Gasteiger partial charge in [-0.2, -0.15) is 0 Å². The molecule has 1 aromatic heterocycles. The Morgan fingerprint density at radius 3 is 2.39 bits per heavy atom. The van der Waals surface area contributed by atoms with Gasteiger partial charge in [-0.15, -0.1) is 0 Å². The molecule has 0 spiro atoms. The van der Waals surface area contributed by atoms with E-state index in [4.69, 9.17) is 16.3 Å². The van der Waals surface area contributed by atoms with Crippen LogP contribution in [0.3, 0.4) is 0 Å². The molecule has 4 rings (SSSR count). The topological polar surface area (TPSA) is 106 Å². The lowest BCUT2D eigenvalue weighted by Gasteiger charge is -2.26. The summed E-state index contributed by atoms with van der Waals surface area (Å²) in [5.41, 5.74) is 0.244. The van der Waals surface area contributed by atoms with E-state index in [0.29, 0.717) is 28.9 Å². The number of carbonyl (C=O) groups is 3. The molecule has 0 bridgehead atoms. The number of anilines is 1. The van der Waals surface area contributed by atoms with Crippen molar-refractivity contribution in [1.29, 1.82) is 0 Å². The highest BCUT2D eigenvalue weighted by atomic mass is 79.9.